The lowest BCUT2D eigenvalue weighted by molar-refractivity contribution is -0.0735. The zero-order valence-electron chi connectivity index (χ0n) is 10.1. The van der Waals surface area contributed by atoms with E-state index >= 15 is 0 Å². The third-order valence-corrected chi connectivity index (χ3v) is 4.02. The van der Waals surface area contributed by atoms with E-state index < -0.39 is 5.60 Å². The minimum Gasteiger partial charge on any atom is -0.385 e. The van der Waals surface area contributed by atoms with Gasteiger partial charge in [0.2, 0.25) is 0 Å². The standard InChI is InChI=1S/C14H19NO2/c1-17-9-14(16,11-6-7-11)13-12-5-3-2-4-10(12)8-15-13/h2-5,11,13,15-16H,6-9H2,1H3. The molecule has 2 atom stereocenters. The molecule has 0 amide bonds. The lowest BCUT2D eigenvalue weighted by Gasteiger charge is -2.34. The summed E-state index contributed by atoms with van der Waals surface area (Å²) in [4.78, 5) is 0. The first-order chi connectivity index (χ1) is 8.25. The molecule has 2 aliphatic rings. The SMILES string of the molecule is COCC(O)(C1CC1)C1NCc2ccccc21. The molecule has 1 aromatic rings. The molecular formula is C14H19NO2. The summed E-state index contributed by atoms with van der Waals surface area (Å²) >= 11 is 0. The van der Waals surface area contributed by atoms with Crippen molar-refractivity contribution in [2.24, 2.45) is 5.92 Å². The monoisotopic (exact) mass is 233 g/mol. The summed E-state index contributed by atoms with van der Waals surface area (Å²) in [5, 5.41) is 14.3. The van der Waals surface area contributed by atoms with Crippen LogP contribution in [-0.4, -0.2) is 24.4 Å². The number of aliphatic hydroxyl groups is 1. The zero-order chi connectivity index (χ0) is 11.9. The van der Waals surface area contributed by atoms with Crippen molar-refractivity contribution in [2.45, 2.75) is 31.0 Å². The number of nitrogens with one attached hydrogen (secondary N) is 1. The van der Waals surface area contributed by atoms with E-state index in [1.165, 1.54) is 11.1 Å². The van der Waals surface area contributed by atoms with Crippen LogP contribution in [0.1, 0.15) is 30.0 Å². The summed E-state index contributed by atoms with van der Waals surface area (Å²) in [6.07, 6.45) is 2.22. The Labute approximate surface area is 102 Å². The molecule has 1 saturated carbocycles. The fraction of sp³-hybridized carbons (Fsp3) is 0.571. The summed E-state index contributed by atoms with van der Waals surface area (Å²) in [5.74, 6) is 0.381. The van der Waals surface area contributed by atoms with Crippen molar-refractivity contribution in [2.75, 3.05) is 13.7 Å². The molecule has 0 bridgehead atoms. The molecule has 3 nitrogen and oxygen atoms in total. The minimum absolute atomic E-state index is 0.0196. The van der Waals surface area contributed by atoms with E-state index in [9.17, 15) is 5.11 Å². The van der Waals surface area contributed by atoms with Crippen LogP contribution >= 0.6 is 0 Å². The van der Waals surface area contributed by atoms with Crippen molar-refractivity contribution in [3.05, 3.63) is 35.4 Å². The van der Waals surface area contributed by atoms with Gasteiger partial charge in [-0.25, -0.2) is 0 Å². The average Bonchev–Trinajstić information content (AvgIpc) is 3.09. The number of fused-ring (bicyclic) bond motifs is 1. The fourth-order valence-corrected chi connectivity index (χ4v) is 3.00. The maximum Gasteiger partial charge on any atom is 0.110 e. The third-order valence-electron chi connectivity index (χ3n) is 4.02. The Hall–Kier alpha value is -0.900. The predicted molar refractivity (Wildman–Crippen MR) is 65.6 cm³/mol. The van der Waals surface area contributed by atoms with E-state index in [1.807, 2.05) is 6.07 Å². The summed E-state index contributed by atoms with van der Waals surface area (Å²) in [7, 11) is 1.66. The largest absolute Gasteiger partial charge is 0.385 e. The number of ether oxygens (including phenoxy) is 1. The van der Waals surface area contributed by atoms with Crippen LogP contribution < -0.4 is 5.32 Å². The molecule has 1 fully saturated rings. The summed E-state index contributed by atoms with van der Waals surface area (Å²) in [6.45, 7) is 1.25. The van der Waals surface area contributed by atoms with Crippen LogP contribution in [0.15, 0.2) is 24.3 Å². The molecule has 92 valence electrons. The van der Waals surface area contributed by atoms with Gasteiger partial charge in [0.15, 0.2) is 0 Å². The van der Waals surface area contributed by atoms with Gasteiger partial charge < -0.3 is 15.2 Å². The molecule has 3 rings (SSSR count). The summed E-state index contributed by atoms with van der Waals surface area (Å²) < 4.78 is 5.25. The molecule has 3 heteroatoms. The van der Waals surface area contributed by atoms with E-state index in [4.69, 9.17) is 4.74 Å². The normalized spacial score (nSPS) is 26.6. The molecule has 0 radical (unpaired) electrons. The van der Waals surface area contributed by atoms with Gasteiger partial charge in [0, 0.05) is 13.7 Å². The van der Waals surface area contributed by atoms with Gasteiger partial charge in [0.1, 0.15) is 5.60 Å². The van der Waals surface area contributed by atoms with E-state index in [2.05, 4.69) is 23.5 Å². The van der Waals surface area contributed by atoms with Crippen LogP contribution in [0.2, 0.25) is 0 Å². The first-order valence-corrected chi connectivity index (χ1v) is 6.28. The maximum atomic E-state index is 10.9. The first kappa shape index (κ1) is 11.2. The van der Waals surface area contributed by atoms with Gasteiger partial charge in [0.05, 0.1) is 12.6 Å². The number of methoxy groups -OCH3 is 1. The summed E-state index contributed by atoms with van der Waals surface area (Å²) in [6, 6.07) is 8.35. The van der Waals surface area contributed by atoms with Gasteiger partial charge in [-0.15, -0.1) is 0 Å². The van der Waals surface area contributed by atoms with Crippen molar-refractivity contribution < 1.29 is 9.84 Å². The number of benzene rings is 1. The smallest absolute Gasteiger partial charge is 0.110 e. The Morgan fingerprint density at radius 3 is 2.88 bits per heavy atom. The van der Waals surface area contributed by atoms with Crippen molar-refractivity contribution in [1.29, 1.82) is 0 Å². The Morgan fingerprint density at radius 2 is 2.18 bits per heavy atom. The maximum absolute atomic E-state index is 10.9. The molecule has 17 heavy (non-hydrogen) atoms. The van der Waals surface area contributed by atoms with Gasteiger partial charge in [-0.2, -0.15) is 0 Å². The highest BCUT2D eigenvalue weighted by Gasteiger charge is 2.51. The van der Waals surface area contributed by atoms with E-state index in [0.29, 0.717) is 12.5 Å². The fourth-order valence-electron chi connectivity index (χ4n) is 3.00. The van der Waals surface area contributed by atoms with Crippen LogP contribution in [0.25, 0.3) is 0 Å². The number of hydrogen-bond donors (Lipinski definition) is 2. The number of hydrogen-bond acceptors (Lipinski definition) is 3. The van der Waals surface area contributed by atoms with Crippen LogP contribution in [0.5, 0.6) is 0 Å². The third kappa shape index (κ3) is 1.79. The van der Waals surface area contributed by atoms with E-state index in [1.54, 1.807) is 7.11 Å². The van der Waals surface area contributed by atoms with Gasteiger partial charge in [0.25, 0.3) is 0 Å². The second kappa shape index (κ2) is 4.09. The lowest BCUT2D eigenvalue weighted by Crippen LogP contribution is -2.47. The van der Waals surface area contributed by atoms with Crippen LogP contribution in [0.3, 0.4) is 0 Å². The first-order valence-electron chi connectivity index (χ1n) is 6.28. The zero-order valence-corrected chi connectivity index (χ0v) is 10.1. The Kier molecular flexibility index (Phi) is 2.69. The number of rotatable bonds is 4. The summed E-state index contributed by atoms with van der Waals surface area (Å²) in [5.41, 5.74) is 1.79. The molecule has 1 aliphatic carbocycles. The van der Waals surface area contributed by atoms with Crippen molar-refractivity contribution in [3.63, 3.8) is 0 Å². The average molecular weight is 233 g/mol. The predicted octanol–water partition coefficient (Wildman–Crippen LogP) is 1.62. The van der Waals surface area contributed by atoms with Crippen LogP contribution in [0, 0.1) is 5.92 Å². The topological polar surface area (TPSA) is 41.5 Å². The Morgan fingerprint density at radius 1 is 1.41 bits per heavy atom. The van der Waals surface area contributed by atoms with Gasteiger partial charge >= 0.3 is 0 Å². The van der Waals surface area contributed by atoms with Gasteiger partial charge in [-0.3, -0.25) is 0 Å². The molecule has 1 heterocycles. The molecule has 2 unspecified atom stereocenters. The van der Waals surface area contributed by atoms with Gasteiger partial charge in [-0.1, -0.05) is 24.3 Å². The minimum atomic E-state index is -0.749. The van der Waals surface area contributed by atoms with Crippen LogP contribution in [0.4, 0.5) is 0 Å². The van der Waals surface area contributed by atoms with E-state index in [0.717, 1.165) is 19.4 Å². The molecule has 0 saturated heterocycles. The second-order valence-corrected chi connectivity index (χ2v) is 5.21. The lowest BCUT2D eigenvalue weighted by atomic mass is 9.85. The van der Waals surface area contributed by atoms with Crippen molar-refractivity contribution in [3.8, 4) is 0 Å². The molecule has 1 aliphatic heterocycles. The van der Waals surface area contributed by atoms with Gasteiger partial charge in [-0.05, 0) is 29.9 Å². The molecule has 0 spiro atoms. The Balaban J connectivity index is 1.93. The van der Waals surface area contributed by atoms with E-state index in [-0.39, 0.29) is 6.04 Å². The quantitative estimate of drug-likeness (QED) is 0.830. The Bertz CT molecular complexity index is 416. The van der Waals surface area contributed by atoms with Crippen molar-refractivity contribution >= 4 is 0 Å². The highest BCUT2D eigenvalue weighted by Crippen LogP contribution is 2.48. The second-order valence-electron chi connectivity index (χ2n) is 5.21. The molecule has 0 aromatic heterocycles. The molecule has 1 aromatic carbocycles. The molecule has 2 N–H and O–H groups in total. The highest BCUT2D eigenvalue weighted by atomic mass is 16.5. The highest BCUT2D eigenvalue weighted by molar-refractivity contribution is 5.36. The van der Waals surface area contributed by atoms with Crippen LogP contribution in [-0.2, 0) is 11.3 Å². The van der Waals surface area contributed by atoms with Crippen molar-refractivity contribution in [1.82, 2.24) is 5.32 Å². The molecular weight excluding hydrogens is 214 g/mol.